The first kappa shape index (κ1) is 21.4. The van der Waals surface area contributed by atoms with Gasteiger partial charge in [0, 0.05) is 56.8 Å². The number of para-hydroxylation sites is 1. The SMILES string of the molecule is COc1ccccc1C=CCN1CCNC(=O)C1CC(=O)NCCc1cnccn1. The molecule has 2 heterocycles. The van der Waals surface area contributed by atoms with Gasteiger partial charge in [-0.15, -0.1) is 0 Å². The first-order valence-electron chi connectivity index (χ1n) is 10.0. The number of carbonyl (C=O) groups is 2. The summed E-state index contributed by atoms with van der Waals surface area (Å²) in [7, 11) is 1.64. The molecule has 0 aliphatic carbocycles. The van der Waals surface area contributed by atoms with E-state index in [0.717, 1.165) is 17.0 Å². The molecule has 1 fully saturated rings. The van der Waals surface area contributed by atoms with Gasteiger partial charge in [-0.1, -0.05) is 30.4 Å². The van der Waals surface area contributed by atoms with Crippen molar-refractivity contribution in [2.45, 2.75) is 18.9 Å². The standard InChI is InChI=1S/C22H27N5O3/c1-30-20-7-3-2-5-17(20)6-4-13-27-14-12-26-22(29)19(27)15-21(28)25-9-8-18-16-23-10-11-24-18/h2-7,10-11,16,19H,8-9,12-15H2,1H3,(H,25,28)(H,26,29). The summed E-state index contributed by atoms with van der Waals surface area (Å²) < 4.78 is 5.36. The zero-order valence-corrected chi connectivity index (χ0v) is 17.1. The number of methoxy groups -OCH3 is 1. The highest BCUT2D eigenvalue weighted by molar-refractivity contribution is 5.88. The van der Waals surface area contributed by atoms with Crippen molar-refractivity contribution in [1.82, 2.24) is 25.5 Å². The molecule has 0 radical (unpaired) electrons. The molecule has 2 amide bonds. The number of benzene rings is 1. The van der Waals surface area contributed by atoms with Crippen LogP contribution in [0.15, 0.2) is 48.9 Å². The topological polar surface area (TPSA) is 96.5 Å². The van der Waals surface area contributed by atoms with Crippen LogP contribution in [-0.4, -0.2) is 66.0 Å². The Hall–Kier alpha value is -3.26. The number of ether oxygens (including phenoxy) is 1. The van der Waals surface area contributed by atoms with E-state index in [4.69, 9.17) is 4.74 Å². The lowest BCUT2D eigenvalue weighted by molar-refractivity contribution is -0.133. The molecule has 158 valence electrons. The first-order chi connectivity index (χ1) is 14.7. The highest BCUT2D eigenvalue weighted by Crippen LogP contribution is 2.19. The second-order valence-corrected chi connectivity index (χ2v) is 6.95. The average Bonchev–Trinajstić information content (AvgIpc) is 2.77. The molecule has 8 heteroatoms. The van der Waals surface area contributed by atoms with Crippen molar-refractivity contribution in [3.05, 3.63) is 60.2 Å². The van der Waals surface area contributed by atoms with Crippen LogP contribution < -0.4 is 15.4 Å². The maximum absolute atomic E-state index is 12.4. The third-order valence-electron chi connectivity index (χ3n) is 4.92. The Bertz CT molecular complexity index is 872. The second-order valence-electron chi connectivity index (χ2n) is 6.95. The Morgan fingerprint density at radius 1 is 1.37 bits per heavy atom. The predicted octanol–water partition coefficient (Wildman–Crippen LogP) is 1.05. The smallest absolute Gasteiger partial charge is 0.237 e. The molecule has 1 unspecified atom stereocenters. The van der Waals surface area contributed by atoms with E-state index in [1.165, 1.54) is 0 Å². The number of nitrogens with zero attached hydrogens (tertiary/aromatic N) is 3. The van der Waals surface area contributed by atoms with Gasteiger partial charge in [0.1, 0.15) is 5.75 Å². The fourth-order valence-corrected chi connectivity index (χ4v) is 3.36. The second kappa shape index (κ2) is 11.1. The van der Waals surface area contributed by atoms with E-state index in [-0.39, 0.29) is 18.2 Å². The number of amides is 2. The van der Waals surface area contributed by atoms with Crippen molar-refractivity contribution in [2.75, 3.05) is 33.3 Å². The van der Waals surface area contributed by atoms with Crippen molar-refractivity contribution >= 4 is 17.9 Å². The quantitative estimate of drug-likeness (QED) is 0.643. The van der Waals surface area contributed by atoms with Gasteiger partial charge in [0.2, 0.25) is 11.8 Å². The van der Waals surface area contributed by atoms with E-state index in [1.807, 2.05) is 41.3 Å². The van der Waals surface area contributed by atoms with Crippen LogP contribution in [0.2, 0.25) is 0 Å². The number of carbonyl (C=O) groups excluding carboxylic acids is 2. The summed E-state index contributed by atoms with van der Waals surface area (Å²) in [5, 5.41) is 5.72. The molecule has 1 aromatic heterocycles. The van der Waals surface area contributed by atoms with E-state index < -0.39 is 6.04 Å². The van der Waals surface area contributed by atoms with Gasteiger partial charge in [-0.05, 0) is 6.07 Å². The highest BCUT2D eigenvalue weighted by Gasteiger charge is 2.30. The molecule has 2 aromatic rings. The molecular formula is C22H27N5O3. The predicted molar refractivity (Wildman–Crippen MR) is 114 cm³/mol. The van der Waals surface area contributed by atoms with E-state index >= 15 is 0 Å². The van der Waals surface area contributed by atoms with E-state index in [0.29, 0.717) is 32.6 Å². The van der Waals surface area contributed by atoms with Crippen LogP contribution in [-0.2, 0) is 16.0 Å². The molecule has 8 nitrogen and oxygen atoms in total. The van der Waals surface area contributed by atoms with Gasteiger partial charge >= 0.3 is 0 Å². The lowest BCUT2D eigenvalue weighted by Crippen LogP contribution is -2.56. The minimum Gasteiger partial charge on any atom is -0.496 e. The maximum atomic E-state index is 12.4. The maximum Gasteiger partial charge on any atom is 0.237 e. The number of hydrogen-bond donors (Lipinski definition) is 2. The molecule has 30 heavy (non-hydrogen) atoms. The van der Waals surface area contributed by atoms with E-state index in [2.05, 4.69) is 20.6 Å². The first-order valence-corrected chi connectivity index (χ1v) is 10.0. The van der Waals surface area contributed by atoms with Crippen LogP contribution in [0.1, 0.15) is 17.7 Å². The van der Waals surface area contributed by atoms with Crippen molar-refractivity contribution in [1.29, 1.82) is 0 Å². The van der Waals surface area contributed by atoms with Crippen LogP contribution >= 0.6 is 0 Å². The van der Waals surface area contributed by atoms with Gasteiger partial charge in [-0.25, -0.2) is 0 Å². The lowest BCUT2D eigenvalue weighted by Gasteiger charge is -2.33. The zero-order valence-electron chi connectivity index (χ0n) is 17.1. The van der Waals surface area contributed by atoms with Gasteiger partial charge in [0.15, 0.2) is 0 Å². The largest absolute Gasteiger partial charge is 0.496 e. The molecule has 1 saturated heterocycles. The van der Waals surface area contributed by atoms with Crippen LogP contribution in [0.5, 0.6) is 5.75 Å². The molecule has 1 aliphatic heterocycles. The molecule has 0 spiro atoms. The number of nitrogens with one attached hydrogen (secondary N) is 2. The number of rotatable bonds is 9. The molecule has 2 N–H and O–H groups in total. The van der Waals surface area contributed by atoms with Gasteiger partial charge in [0.25, 0.3) is 0 Å². The van der Waals surface area contributed by atoms with Gasteiger partial charge in [-0.3, -0.25) is 24.5 Å². The third kappa shape index (κ3) is 6.12. The van der Waals surface area contributed by atoms with Gasteiger partial charge in [0.05, 0.1) is 25.3 Å². The normalized spacial score (nSPS) is 17.0. The van der Waals surface area contributed by atoms with Crippen molar-refractivity contribution in [3.63, 3.8) is 0 Å². The molecule has 0 bridgehead atoms. The van der Waals surface area contributed by atoms with Crippen LogP contribution in [0.4, 0.5) is 0 Å². The van der Waals surface area contributed by atoms with Gasteiger partial charge < -0.3 is 15.4 Å². The van der Waals surface area contributed by atoms with Crippen LogP contribution in [0, 0.1) is 0 Å². The average molecular weight is 409 g/mol. The fourth-order valence-electron chi connectivity index (χ4n) is 3.36. The Morgan fingerprint density at radius 3 is 3.03 bits per heavy atom. The van der Waals surface area contributed by atoms with Crippen molar-refractivity contribution in [3.8, 4) is 5.75 Å². The molecule has 1 atom stereocenters. The summed E-state index contributed by atoms with van der Waals surface area (Å²) in [6.07, 6.45) is 9.60. The summed E-state index contributed by atoms with van der Waals surface area (Å²) >= 11 is 0. The van der Waals surface area contributed by atoms with E-state index in [9.17, 15) is 9.59 Å². The molecule has 0 saturated carbocycles. The van der Waals surface area contributed by atoms with E-state index in [1.54, 1.807) is 25.7 Å². The molecule has 3 rings (SSSR count). The lowest BCUT2D eigenvalue weighted by atomic mass is 10.1. The molecular weight excluding hydrogens is 382 g/mol. The Kier molecular flexibility index (Phi) is 7.91. The number of piperazine rings is 1. The number of aromatic nitrogens is 2. The Labute approximate surface area is 176 Å². The summed E-state index contributed by atoms with van der Waals surface area (Å²) in [4.78, 5) is 35.0. The third-order valence-corrected chi connectivity index (χ3v) is 4.92. The summed E-state index contributed by atoms with van der Waals surface area (Å²) in [5.41, 5.74) is 1.79. The van der Waals surface area contributed by atoms with Crippen molar-refractivity contribution in [2.24, 2.45) is 0 Å². The van der Waals surface area contributed by atoms with Gasteiger partial charge in [-0.2, -0.15) is 0 Å². The van der Waals surface area contributed by atoms with Crippen LogP contribution in [0.25, 0.3) is 6.08 Å². The fraction of sp³-hybridized carbons (Fsp3) is 0.364. The monoisotopic (exact) mass is 409 g/mol. The highest BCUT2D eigenvalue weighted by atomic mass is 16.5. The minimum atomic E-state index is -0.488. The summed E-state index contributed by atoms with van der Waals surface area (Å²) in [6, 6.07) is 7.26. The van der Waals surface area contributed by atoms with Crippen LogP contribution in [0.3, 0.4) is 0 Å². The summed E-state index contributed by atoms with van der Waals surface area (Å²) in [5.74, 6) is 0.528. The minimum absolute atomic E-state index is 0.115. The molecule has 1 aromatic carbocycles. The Morgan fingerprint density at radius 2 is 2.23 bits per heavy atom. The Balaban J connectivity index is 1.53. The summed E-state index contributed by atoms with van der Waals surface area (Å²) in [6.45, 7) is 2.30. The number of hydrogen-bond acceptors (Lipinski definition) is 6. The molecule has 1 aliphatic rings. The zero-order chi connectivity index (χ0) is 21.2. The van der Waals surface area contributed by atoms with Crippen molar-refractivity contribution < 1.29 is 14.3 Å².